The summed E-state index contributed by atoms with van der Waals surface area (Å²) < 4.78 is 0.731. The molecule has 114 valence electrons. The van der Waals surface area contributed by atoms with Crippen LogP contribution in [0, 0.1) is 12.3 Å². The van der Waals surface area contributed by atoms with Gasteiger partial charge in [0.2, 0.25) is 5.91 Å². The van der Waals surface area contributed by atoms with E-state index in [1.54, 1.807) is 0 Å². The third kappa shape index (κ3) is 2.98. The van der Waals surface area contributed by atoms with Crippen LogP contribution in [0.25, 0.3) is 0 Å². The minimum absolute atomic E-state index is 0.0223. The standard InChI is InChI=1S/C15H21BrN4O/c1-9-4-5-12(16)18-13(9)19-14(21)10-6-15(8-20(2)3)7-11(15)17-10/h4-5,10-11,17H,6-8H2,1-3H3,(H,18,19,21)/t10-,11-,15-/m0/s1. The van der Waals surface area contributed by atoms with Gasteiger partial charge in [0.05, 0.1) is 6.04 Å². The first-order valence-electron chi connectivity index (χ1n) is 7.24. The zero-order valence-corrected chi connectivity index (χ0v) is 14.2. The molecule has 2 N–H and O–H groups in total. The van der Waals surface area contributed by atoms with Crippen molar-refractivity contribution in [3.63, 3.8) is 0 Å². The van der Waals surface area contributed by atoms with E-state index in [9.17, 15) is 4.79 Å². The van der Waals surface area contributed by atoms with Crippen molar-refractivity contribution in [1.82, 2.24) is 15.2 Å². The lowest BCUT2D eigenvalue weighted by Gasteiger charge is -2.19. The van der Waals surface area contributed by atoms with E-state index in [0.717, 1.165) is 23.1 Å². The van der Waals surface area contributed by atoms with Crippen molar-refractivity contribution in [2.24, 2.45) is 5.41 Å². The van der Waals surface area contributed by atoms with E-state index in [0.29, 0.717) is 17.3 Å². The van der Waals surface area contributed by atoms with Gasteiger partial charge in [-0.25, -0.2) is 4.98 Å². The predicted molar refractivity (Wildman–Crippen MR) is 86.2 cm³/mol. The molecule has 0 unspecified atom stereocenters. The van der Waals surface area contributed by atoms with Crippen molar-refractivity contribution in [1.29, 1.82) is 0 Å². The highest BCUT2D eigenvalue weighted by atomic mass is 79.9. The van der Waals surface area contributed by atoms with Crippen LogP contribution in [-0.4, -0.2) is 48.5 Å². The van der Waals surface area contributed by atoms with Gasteiger partial charge in [-0.15, -0.1) is 0 Å². The molecule has 1 aliphatic carbocycles. The molecule has 1 saturated carbocycles. The molecule has 3 atom stereocenters. The molecule has 2 fully saturated rings. The van der Waals surface area contributed by atoms with E-state index < -0.39 is 0 Å². The number of amides is 1. The SMILES string of the molecule is Cc1ccc(Br)nc1NC(=O)[C@@H]1C[C@@]2(CN(C)C)C[C@@H]2N1. The molecule has 21 heavy (non-hydrogen) atoms. The van der Waals surface area contributed by atoms with Crippen LogP contribution in [0.2, 0.25) is 0 Å². The van der Waals surface area contributed by atoms with Crippen LogP contribution in [0.5, 0.6) is 0 Å². The Morgan fingerprint density at radius 1 is 1.52 bits per heavy atom. The Morgan fingerprint density at radius 3 is 3.00 bits per heavy atom. The molecule has 3 rings (SSSR count). The Labute approximate surface area is 133 Å². The largest absolute Gasteiger partial charge is 0.309 e. The molecule has 6 heteroatoms. The summed E-state index contributed by atoms with van der Waals surface area (Å²) in [6.07, 6.45) is 2.10. The molecular formula is C15H21BrN4O. The molecule has 1 aromatic rings. The fourth-order valence-corrected chi connectivity index (χ4v) is 3.70. The van der Waals surface area contributed by atoms with Crippen LogP contribution in [0.15, 0.2) is 16.7 Å². The van der Waals surface area contributed by atoms with Crippen LogP contribution >= 0.6 is 15.9 Å². The monoisotopic (exact) mass is 352 g/mol. The second-order valence-corrected chi connectivity index (χ2v) is 7.38. The first kappa shape index (κ1) is 14.9. The number of halogens is 1. The highest BCUT2D eigenvalue weighted by Gasteiger charge is 2.61. The third-order valence-corrected chi connectivity index (χ3v) is 4.90. The minimum atomic E-state index is -0.108. The molecule has 5 nitrogen and oxygen atoms in total. The lowest BCUT2D eigenvalue weighted by molar-refractivity contribution is -0.118. The van der Waals surface area contributed by atoms with Crippen LogP contribution in [0.1, 0.15) is 18.4 Å². The second-order valence-electron chi connectivity index (χ2n) is 6.57. The van der Waals surface area contributed by atoms with Crippen molar-refractivity contribution in [3.05, 3.63) is 22.3 Å². The average molecular weight is 353 g/mol. The second kappa shape index (κ2) is 5.34. The van der Waals surface area contributed by atoms with Crippen LogP contribution in [-0.2, 0) is 4.79 Å². The third-order valence-electron chi connectivity index (χ3n) is 4.45. The van der Waals surface area contributed by atoms with Crippen molar-refractivity contribution in [3.8, 4) is 0 Å². The maximum atomic E-state index is 12.4. The Morgan fingerprint density at radius 2 is 2.29 bits per heavy atom. The number of carbonyl (C=O) groups excluding carboxylic acids is 1. The van der Waals surface area contributed by atoms with Gasteiger partial charge in [-0.3, -0.25) is 4.79 Å². The van der Waals surface area contributed by atoms with Gasteiger partial charge in [0.15, 0.2) is 0 Å². The van der Waals surface area contributed by atoms with E-state index in [1.807, 2.05) is 19.1 Å². The Hall–Kier alpha value is -0.980. The fraction of sp³-hybridized carbons (Fsp3) is 0.600. The smallest absolute Gasteiger partial charge is 0.242 e. The van der Waals surface area contributed by atoms with Crippen LogP contribution < -0.4 is 10.6 Å². The Kier molecular flexibility index (Phi) is 3.80. The maximum Gasteiger partial charge on any atom is 0.242 e. The zero-order chi connectivity index (χ0) is 15.2. The summed E-state index contributed by atoms with van der Waals surface area (Å²) in [6.45, 7) is 2.99. The molecule has 2 heterocycles. The number of fused-ring (bicyclic) bond motifs is 1. The Bertz CT molecular complexity index is 577. The lowest BCUT2D eigenvalue weighted by Crippen LogP contribution is -2.38. The van der Waals surface area contributed by atoms with E-state index in [4.69, 9.17) is 0 Å². The van der Waals surface area contributed by atoms with Crippen LogP contribution in [0.3, 0.4) is 0 Å². The number of aromatic nitrogens is 1. The number of pyridine rings is 1. The predicted octanol–water partition coefficient (Wildman–Crippen LogP) is 1.77. The number of rotatable bonds is 4. The minimum Gasteiger partial charge on any atom is -0.309 e. The van der Waals surface area contributed by atoms with Gasteiger partial charge in [0.1, 0.15) is 10.4 Å². The molecule has 0 spiro atoms. The molecular weight excluding hydrogens is 332 g/mol. The van der Waals surface area contributed by atoms with E-state index >= 15 is 0 Å². The summed E-state index contributed by atoms with van der Waals surface area (Å²) in [7, 11) is 4.18. The van der Waals surface area contributed by atoms with E-state index in [2.05, 4.69) is 50.5 Å². The summed E-state index contributed by atoms with van der Waals surface area (Å²) in [4.78, 5) is 19.0. The van der Waals surface area contributed by atoms with Crippen molar-refractivity contribution in [2.45, 2.75) is 31.8 Å². The zero-order valence-electron chi connectivity index (χ0n) is 12.6. The summed E-state index contributed by atoms with van der Waals surface area (Å²) in [5.41, 5.74) is 1.27. The van der Waals surface area contributed by atoms with Crippen molar-refractivity contribution < 1.29 is 4.79 Å². The summed E-state index contributed by atoms with van der Waals surface area (Å²) in [6, 6.07) is 4.20. The molecule has 1 saturated heterocycles. The molecule has 1 aromatic heterocycles. The summed E-state index contributed by atoms with van der Waals surface area (Å²) >= 11 is 3.34. The van der Waals surface area contributed by atoms with Crippen LogP contribution in [0.4, 0.5) is 5.82 Å². The van der Waals surface area contributed by atoms with Crippen molar-refractivity contribution >= 4 is 27.7 Å². The summed E-state index contributed by atoms with van der Waals surface area (Å²) in [5.74, 6) is 0.660. The number of piperidine rings is 1. The summed E-state index contributed by atoms with van der Waals surface area (Å²) in [5, 5.41) is 6.40. The number of nitrogens with one attached hydrogen (secondary N) is 2. The number of hydrogen-bond acceptors (Lipinski definition) is 4. The normalized spacial score (nSPS) is 30.3. The van der Waals surface area contributed by atoms with Gasteiger partial charge in [0, 0.05) is 18.0 Å². The molecule has 1 amide bonds. The van der Waals surface area contributed by atoms with Gasteiger partial charge in [0.25, 0.3) is 0 Å². The lowest BCUT2D eigenvalue weighted by atomic mass is 9.99. The topological polar surface area (TPSA) is 57.3 Å². The molecule has 2 aliphatic rings. The fourth-order valence-electron chi connectivity index (χ4n) is 3.39. The molecule has 0 radical (unpaired) electrons. The van der Waals surface area contributed by atoms with Gasteiger partial charge in [-0.05, 0) is 61.4 Å². The van der Waals surface area contributed by atoms with Gasteiger partial charge < -0.3 is 15.5 Å². The number of nitrogens with zero attached hydrogens (tertiary/aromatic N) is 2. The van der Waals surface area contributed by atoms with Gasteiger partial charge in [-0.2, -0.15) is 0 Å². The first-order valence-corrected chi connectivity index (χ1v) is 8.04. The number of hydrogen-bond donors (Lipinski definition) is 2. The average Bonchev–Trinajstić information content (AvgIpc) is 2.93. The Balaban J connectivity index is 1.64. The van der Waals surface area contributed by atoms with Gasteiger partial charge in [-0.1, -0.05) is 6.07 Å². The number of carbonyl (C=O) groups is 1. The van der Waals surface area contributed by atoms with Gasteiger partial charge >= 0.3 is 0 Å². The quantitative estimate of drug-likeness (QED) is 0.811. The van der Waals surface area contributed by atoms with E-state index in [-0.39, 0.29) is 11.9 Å². The maximum absolute atomic E-state index is 12.4. The highest BCUT2D eigenvalue weighted by molar-refractivity contribution is 9.10. The number of anilines is 1. The first-order chi connectivity index (χ1) is 9.89. The molecule has 0 bridgehead atoms. The highest BCUT2D eigenvalue weighted by Crippen LogP contribution is 2.54. The number of aryl methyl sites for hydroxylation is 1. The molecule has 0 aromatic carbocycles. The van der Waals surface area contributed by atoms with E-state index in [1.165, 1.54) is 6.42 Å². The molecule has 1 aliphatic heterocycles. The van der Waals surface area contributed by atoms with Crippen molar-refractivity contribution in [2.75, 3.05) is 26.0 Å².